The minimum absolute atomic E-state index is 0.579. The summed E-state index contributed by atoms with van der Waals surface area (Å²) >= 11 is 0. The molecule has 1 heterocycles. The van der Waals surface area contributed by atoms with Crippen LogP contribution in [0.25, 0.3) is 0 Å². The topological polar surface area (TPSA) is 21.3 Å². The summed E-state index contributed by atoms with van der Waals surface area (Å²) in [5.74, 6) is 1.72. The molecular weight excluding hydrogens is 186 g/mol. The maximum Gasteiger partial charge on any atom is 0.0618 e. The zero-order valence-corrected chi connectivity index (χ0v) is 10.2. The maximum atomic E-state index is 5.82. The van der Waals surface area contributed by atoms with Gasteiger partial charge in [0.2, 0.25) is 0 Å². The monoisotopic (exact) mass is 211 g/mol. The van der Waals surface area contributed by atoms with E-state index in [1.54, 1.807) is 0 Å². The van der Waals surface area contributed by atoms with Gasteiger partial charge in [0.25, 0.3) is 0 Å². The average Bonchev–Trinajstić information content (AvgIpc) is 3.01. The fourth-order valence-corrected chi connectivity index (χ4v) is 2.39. The third-order valence-corrected chi connectivity index (χ3v) is 3.62. The summed E-state index contributed by atoms with van der Waals surface area (Å²) in [6, 6.07) is 0.725. The van der Waals surface area contributed by atoms with Crippen LogP contribution in [-0.4, -0.2) is 25.3 Å². The number of ether oxygens (including phenoxy) is 1. The Bertz CT molecular complexity index is 189. The van der Waals surface area contributed by atoms with Crippen LogP contribution in [0.1, 0.15) is 46.0 Å². The lowest BCUT2D eigenvalue weighted by Gasteiger charge is -2.30. The van der Waals surface area contributed by atoms with E-state index in [4.69, 9.17) is 4.74 Å². The third kappa shape index (κ3) is 3.76. The second-order valence-electron chi connectivity index (χ2n) is 5.60. The Morgan fingerprint density at radius 2 is 2.07 bits per heavy atom. The van der Waals surface area contributed by atoms with Crippen molar-refractivity contribution in [2.45, 2.75) is 58.1 Å². The van der Waals surface area contributed by atoms with Gasteiger partial charge >= 0.3 is 0 Å². The van der Waals surface area contributed by atoms with Gasteiger partial charge in [0.1, 0.15) is 0 Å². The van der Waals surface area contributed by atoms with E-state index < -0.39 is 0 Å². The zero-order valence-electron chi connectivity index (χ0n) is 10.2. The van der Waals surface area contributed by atoms with Gasteiger partial charge in [-0.15, -0.1) is 0 Å². The predicted molar refractivity (Wildman–Crippen MR) is 62.9 cm³/mol. The van der Waals surface area contributed by atoms with Crippen molar-refractivity contribution in [2.75, 3.05) is 13.2 Å². The summed E-state index contributed by atoms with van der Waals surface area (Å²) in [6.07, 6.45) is 7.15. The number of hydrogen-bond donors (Lipinski definition) is 1. The van der Waals surface area contributed by atoms with E-state index in [0.29, 0.717) is 6.10 Å². The fourth-order valence-electron chi connectivity index (χ4n) is 2.39. The van der Waals surface area contributed by atoms with Crippen LogP contribution >= 0.6 is 0 Å². The van der Waals surface area contributed by atoms with Gasteiger partial charge in [-0.1, -0.05) is 13.8 Å². The second-order valence-corrected chi connectivity index (χ2v) is 5.60. The Morgan fingerprint density at radius 3 is 2.73 bits per heavy atom. The summed E-state index contributed by atoms with van der Waals surface area (Å²) in [7, 11) is 0. The van der Waals surface area contributed by atoms with Gasteiger partial charge in [0, 0.05) is 12.6 Å². The van der Waals surface area contributed by atoms with Crippen molar-refractivity contribution >= 4 is 0 Å². The summed E-state index contributed by atoms with van der Waals surface area (Å²) in [4.78, 5) is 0. The van der Waals surface area contributed by atoms with Crippen molar-refractivity contribution in [1.29, 1.82) is 0 Å². The van der Waals surface area contributed by atoms with Crippen molar-refractivity contribution in [3.63, 3.8) is 0 Å². The molecule has 2 unspecified atom stereocenters. The number of hydrogen-bond acceptors (Lipinski definition) is 2. The molecule has 0 aromatic carbocycles. The van der Waals surface area contributed by atoms with Gasteiger partial charge in [0.05, 0.1) is 6.10 Å². The molecule has 0 radical (unpaired) electrons. The van der Waals surface area contributed by atoms with Crippen LogP contribution in [-0.2, 0) is 4.74 Å². The van der Waals surface area contributed by atoms with E-state index in [1.165, 1.54) is 38.6 Å². The molecule has 1 N–H and O–H groups in total. The van der Waals surface area contributed by atoms with Gasteiger partial charge in [-0.05, 0) is 50.5 Å². The molecule has 0 aromatic heterocycles. The molecule has 2 atom stereocenters. The minimum atomic E-state index is 0.579. The van der Waals surface area contributed by atoms with E-state index in [2.05, 4.69) is 19.2 Å². The first kappa shape index (κ1) is 11.4. The van der Waals surface area contributed by atoms with Crippen LogP contribution in [0.5, 0.6) is 0 Å². The van der Waals surface area contributed by atoms with Gasteiger partial charge in [-0.2, -0.15) is 0 Å². The highest BCUT2D eigenvalue weighted by Crippen LogP contribution is 2.38. The van der Waals surface area contributed by atoms with E-state index in [-0.39, 0.29) is 0 Å². The summed E-state index contributed by atoms with van der Waals surface area (Å²) in [6.45, 7) is 6.73. The Morgan fingerprint density at radius 1 is 1.27 bits per heavy atom. The second kappa shape index (κ2) is 5.31. The molecule has 1 saturated carbocycles. The molecule has 2 aliphatic rings. The van der Waals surface area contributed by atoms with Crippen molar-refractivity contribution in [1.82, 2.24) is 5.32 Å². The smallest absolute Gasteiger partial charge is 0.0618 e. The standard InChI is InChI=1S/C13H25NO/c1-10(2)5-7-14-12-6-8-15-13(9-12)11-3-4-11/h10-14H,3-9H2,1-2H3. The molecule has 2 rings (SSSR count). The van der Waals surface area contributed by atoms with Crippen LogP contribution in [0.3, 0.4) is 0 Å². The molecule has 0 bridgehead atoms. The predicted octanol–water partition coefficient (Wildman–Crippen LogP) is 2.58. The normalized spacial score (nSPS) is 32.2. The van der Waals surface area contributed by atoms with Crippen LogP contribution in [0.15, 0.2) is 0 Å². The molecule has 0 spiro atoms. The van der Waals surface area contributed by atoms with Crippen molar-refractivity contribution in [2.24, 2.45) is 11.8 Å². The third-order valence-electron chi connectivity index (χ3n) is 3.62. The first-order valence-electron chi connectivity index (χ1n) is 6.60. The molecular formula is C13H25NO. The highest BCUT2D eigenvalue weighted by Gasteiger charge is 2.35. The van der Waals surface area contributed by atoms with E-state index in [9.17, 15) is 0 Å². The lowest BCUT2D eigenvalue weighted by atomic mass is 9.99. The van der Waals surface area contributed by atoms with Gasteiger partial charge in [-0.3, -0.25) is 0 Å². The zero-order chi connectivity index (χ0) is 10.7. The Kier molecular flexibility index (Phi) is 4.04. The molecule has 1 aliphatic carbocycles. The molecule has 0 amide bonds. The molecule has 1 saturated heterocycles. The van der Waals surface area contributed by atoms with Gasteiger partial charge in [0.15, 0.2) is 0 Å². The fraction of sp³-hybridized carbons (Fsp3) is 1.00. The lowest BCUT2D eigenvalue weighted by Crippen LogP contribution is -2.40. The van der Waals surface area contributed by atoms with E-state index >= 15 is 0 Å². The first-order valence-corrected chi connectivity index (χ1v) is 6.60. The molecule has 2 fully saturated rings. The summed E-state index contributed by atoms with van der Waals surface area (Å²) < 4.78 is 5.82. The molecule has 2 nitrogen and oxygen atoms in total. The highest BCUT2D eigenvalue weighted by molar-refractivity contribution is 4.88. The molecule has 15 heavy (non-hydrogen) atoms. The van der Waals surface area contributed by atoms with Crippen molar-refractivity contribution < 1.29 is 4.74 Å². The average molecular weight is 211 g/mol. The quantitative estimate of drug-likeness (QED) is 0.754. The van der Waals surface area contributed by atoms with Crippen molar-refractivity contribution in [3.05, 3.63) is 0 Å². The SMILES string of the molecule is CC(C)CCNC1CCOC(C2CC2)C1. The highest BCUT2D eigenvalue weighted by atomic mass is 16.5. The molecule has 2 heteroatoms. The molecule has 88 valence electrons. The summed E-state index contributed by atoms with van der Waals surface area (Å²) in [5.41, 5.74) is 0. The lowest BCUT2D eigenvalue weighted by molar-refractivity contribution is -0.0111. The van der Waals surface area contributed by atoms with Gasteiger partial charge in [-0.25, -0.2) is 0 Å². The van der Waals surface area contributed by atoms with Crippen LogP contribution in [0.2, 0.25) is 0 Å². The summed E-state index contributed by atoms with van der Waals surface area (Å²) in [5, 5.41) is 3.69. The van der Waals surface area contributed by atoms with Crippen molar-refractivity contribution in [3.8, 4) is 0 Å². The number of nitrogens with one attached hydrogen (secondary N) is 1. The molecule has 0 aromatic rings. The minimum Gasteiger partial charge on any atom is -0.378 e. The van der Waals surface area contributed by atoms with E-state index in [1.807, 2.05) is 0 Å². The van der Waals surface area contributed by atoms with Crippen LogP contribution in [0, 0.1) is 11.8 Å². The van der Waals surface area contributed by atoms with Crippen LogP contribution in [0.4, 0.5) is 0 Å². The van der Waals surface area contributed by atoms with E-state index in [0.717, 1.165) is 24.5 Å². The Hall–Kier alpha value is -0.0800. The number of rotatable bonds is 5. The van der Waals surface area contributed by atoms with Crippen LogP contribution < -0.4 is 5.32 Å². The van der Waals surface area contributed by atoms with Gasteiger partial charge < -0.3 is 10.1 Å². The maximum absolute atomic E-state index is 5.82. The Labute approximate surface area is 93.8 Å². The Balaban J connectivity index is 1.63. The molecule has 1 aliphatic heterocycles. The largest absolute Gasteiger partial charge is 0.378 e. The first-order chi connectivity index (χ1) is 7.25.